The van der Waals surface area contributed by atoms with Gasteiger partial charge in [0.05, 0.1) is 3.79 Å². The average molecular weight is 446 g/mol. The Labute approximate surface area is 154 Å². The maximum absolute atomic E-state index is 6.09. The van der Waals surface area contributed by atoms with Crippen molar-refractivity contribution in [2.24, 2.45) is 0 Å². The first-order chi connectivity index (χ1) is 10.7. The number of halogens is 2. The third-order valence-electron chi connectivity index (χ3n) is 3.61. The van der Waals surface area contributed by atoms with Gasteiger partial charge in [0.15, 0.2) is 5.75 Å². The van der Waals surface area contributed by atoms with Gasteiger partial charge in [-0.2, -0.15) is 0 Å². The van der Waals surface area contributed by atoms with Crippen LogP contribution >= 0.6 is 43.2 Å². The molecule has 0 amide bonds. The van der Waals surface area contributed by atoms with Gasteiger partial charge in [-0.25, -0.2) is 0 Å². The number of hydrogen-bond acceptors (Lipinski definition) is 2. The zero-order chi connectivity index (χ0) is 15.8. The molecule has 2 aromatic rings. The van der Waals surface area contributed by atoms with Crippen LogP contribution in [0, 0.1) is 0 Å². The molecule has 0 saturated carbocycles. The van der Waals surface area contributed by atoms with Crippen LogP contribution in [-0.4, -0.2) is 0 Å². The van der Waals surface area contributed by atoms with Crippen LogP contribution in [-0.2, 0) is 6.42 Å². The van der Waals surface area contributed by atoms with Crippen molar-refractivity contribution in [3.8, 4) is 11.5 Å². The predicted octanol–water partition coefficient (Wildman–Crippen LogP) is 7.97. The molecule has 0 fully saturated rings. The lowest BCUT2D eigenvalue weighted by atomic mass is 10.1. The molecule has 1 aromatic heterocycles. The quantitative estimate of drug-likeness (QED) is 0.355. The van der Waals surface area contributed by atoms with Gasteiger partial charge in [0.25, 0.3) is 0 Å². The summed E-state index contributed by atoms with van der Waals surface area (Å²) >= 11 is 9.01. The summed E-state index contributed by atoms with van der Waals surface area (Å²) in [5.74, 6) is 1.86. The monoisotopic (exact) mass is 444 g/mol. The number of rotatable bonds is 9. The van der Waals surface area contributed by atoms with E-state index in [1.165, 1.54) is 47.9 Å². The molecule has 0 atom stereocenters. The van der Waals surface area contributed by atoms with Gasteiger partial charge in [0.1, 0.15) is 9.54 Å². The molecule has 0 bridgehead atoms. The number of hydrogen-bond donors (Lipinski definition) is 0. The van der Waals surface area contributed by atoms with Gasteiger partial charge in [0.2, 0.25) is 0 Å². The van der Waals surface area contributed by atoms with Crippen molar-refractivity contribution in [1.82, 2.24) is 0 Å². The van der Waals surface area contributed by atoms with E-state index < -0.39 is 0 Å². The van der Waals surface area contributed by atoms with Crippen LogP contribution in [0.2, 0.25) is 0 Å². The first-order valence-electron chi connectivity index (χ1n) is 7.92. The number of benzene rings is 1. The minimum atomic E-state index is 0.887. The van der Waals surface area contributed by atoms with Gasteiger partial charge in [-0.15, -0.1) is 11.3 Å². The summed E-state index contributed by atoms with van der Waals surface area (Å²) in [7, 11) is 0. The van der Waals surface area contributed by atoms with Crippen molar-refractivity contribution in [2.45, 2.75) is 51.9 Å². The summed E-state index contributed by atoms with van der Waals surface area (Å²) in [4.78, 5) is 0. The highest BCUT2D eigenvalue weighted by molar-refractivity contribution is 9.12. The van der Waals surface area contributed by atoms with Crippen molar-refractivity contribution in [3.63, 3.8) is 0 Å². The van der Waals surface area contributed by atoms with Gasteiger partial charge in [-0.1, -0.05) is 57.2 Å². The van der Waals surface area contributed by atoms with Crippen LogP contribution in [0.15, 0.2) is 37.9 Å². The topological polar surface area (TPSA) is 9.23 Å². The molecule has 0 aliphatic rings. The Morgan fingerprint density at radius 3 is 2.32 bits per heavy atom. The fraction of sp³-hybridized carbons (Fsp3) is 0.444. The minimum absolute atomic E-state index is 0.887. The van der Waals surface area contributed by atoms with E-state index in [0.717, 1.165) is 21.7 Å². The van der Waals surface area contributed by atoms with Crippen LogP contribution in [0.25, 0.3) is 0 Å². The summed E-state index contributed by atoms with van der Waals surface area (Å²) < 4.78 is 8.33. The Balaban J connectivity index is 1.95. The highest BCUT2D eigenvalue weighted by atomic mass is 79.9. The summed E-state index contributed by atoms with van der Waals surface area (Å²) in [6.07, 6.45) is 8.94. The number of unbranched alkanes of at least 4 members (excludes halogenated alkanes) is 5. The Morgan fingerprint density at radius 1 is 0.909 bits per heavy atom. The third-order valence-corrected chi connectivity index (χ3v) is 6.21. The van der Waals surface area contributed by atoms with E-state index in [4.69, 9.17) is 4.74 Å². The second kappa shape index (κ2) is 9.74. The molecule has 0 aliphatic heterocycles. The maximum atomic E-state index is 6.09. The number of para-hydroxylation sites is 1. The van der Waals surface area contributed by atoms with Gasteiger partial charge >= 0.3 is 0 Å². The zero-order valence-electron chi connectivity index (χ0n) is 12.9. The predicted molar refractivity (Wildman–Crippen MR) is 103 cm³/mol. The van der Waals surface area contributed by atoms with Gasteiger partial charge < -0.3 is 4.74 Å². The van der Waals surface area contributed by atoms with E-state index in [-0.39, 0.29) is 0 Å². The smallest absolute Gasteiger partial charge is 0.156 e. The van der Waals surface area contributed by atoms with Crippen molar-refractivity contribution in [3.05, 3.63) is 43.5 Å². The molecule has 1 nitrogen and oxygen atoms in total. The molecule has 4 heteroatoms. The van der Waals surface area contributed by atoms with E-state index in [1.54, 1.807) is 11.3 Å². The normalized spacial score (nSPS) is 10.9. The molecular formula is C18H22Br2OS. The highest BCUT2D eigenvalue weighted by Gasteiger charge is 2.17. The van der Waals surface area contributed by atoms with Gasteiger partial charge in [-0.3, -0.25) is 0 Å². The van der Waals surface area contributed by atoms with Crippen molar-refractivity contribution >= 4 is 43.2 Å². The summed E-state index contributed by atoms with van der Waals surface area (Å²) in [6, 6.07) is 9.98. The second-order valence-corrected chi connectivity index (χ2v) is 9.05. The fourth-order valence-corrected chi connectivity index (χ4v) is 5.45. The van der Waals surface area contributed by atoms with Gasteiger partial charge in [0, 0.05) is 5.56 Å². The zero-order valence-corrected chi connectivity index (χ0v) is 16.9. The molecule has 0 aliphatic carbocycles. The maximum Gasteiger partial charge on any atom is 0.156 e. The van der Waals surface area contributed by atoms with Crippen LogP contribution in [0.1, 0.15) is 51.0 Å². The molecule has 1 aromatic carbocycles. The standard InChI is InChI=1S/C18H22Br2OS/c1-2-3-4-5-6-10-13-15-16(18(20)22-17(15)19)21-14-11-8-7-9-12-14/h7-9,11-12H,2-6,10,13H2,1H3. The first-order valence-corrected chi connectivity index (χ1v) is 10.3. The molecule has 0 unspecified atom stereocenters. The molecule has 22 heavy (non-hydrogen) atoms. The fourth-order valence-electron chi connectivity index (χ4n) is 2.40. The molecule has 0 radical (unpaired) electrons. The number of thiophene rings is 1. The Kier molecular flexibility index (Phi) is 7.98. The molecule has 0 N–H and O–H groups in total. The minimum Gasteiger partial charge on any atom is -0.455 e. The lowest BCUT2D eigenvalue weighted by Gasteiger charge is -2.08. The lowest BCUT2D eigenvalue weighted by molar-refractivity contribution is 0.474. The van der Waals surface area contributed by atoms with E-state index in [0.29, 0.717) is 0 Å². The first kappa shape index (κ1) is 18.0. The molecule has 2 rings (SSSR count). The molecule has 1 heterocycles. The van der Waals surface area contributed by atoms with Crippen LogP contribution in [0.3, 0.4) is 0 Å². The summed E-state index contributed by atoms with van der Waals surface area (Å²) in [5.41, 5.74) is 1.29. The van der Waals surface area contributed by atoms with Crippen molar-refractivity contribution < 1.29 is 4.74 Å². The van der Waals surface area contributed by atoms with Crippen LogP contribution < -0.4 is 4.74 Å². The van der Waals surface area contributed by atoms with Crippen LogP contribution in [0.5, 0.6) is 11.5 Å². The molecule has 120 valence electrons. The summed E-state index contributed by atoms with van der Waals surface area (Å²) in [6.45, 7) is 2.26. The van der Waals surface area contributed by atoms with E-state index in [1.807, 2.05) is 30.3 Å². The average Bonchev–Trinajstić information content (AvgIpc) is 2.78. The number of ether oxygens (including phenoxy) is 1. The Bertz CT molecular complexity index is 566. The van der Waals surface area contributed by atoms with E-state index in [2.05, 4.69) is 38.8 Å². The molecule has 0 spiro atoms. The Hall–Kier alpha value is -0.320. The third kappa shape index (κ3) is 5.39. The van der Waals surface area contributed by atoms with Crippen molar-refractivity contribution in [2.75, 3.05) is 0 Å². The highest BCUT2D eigenvalue weighted by Crippen LogP contribution is 2.45. The van der Waals surface area contributed by atoms with E-state index in [9.17, 15) is 0 Å². The van der Waals surface area contributed by atoms with Crippen molar-refractivity contribution in [1.29, 1.82) is 0 Å². The SMILES string of the molecule is CCCCCCCCc1c(Br)sc(Br)c1Oc1ccccc1. The largest absolute Gasteiger partial charge is 0.455 e. The Morgan fingerprint density at radius 2 is 1.59 bits per heavy atom. The lowest BCUT2D eigenvalue weighted by Crippen LogP contribution is -1.91. The second-order valence-electron chi connectivity index (χ2n) is 5.39. The molecule has 0 saturated heterocycles. The summed E-state index contributed by atoms with van der Waals surface area (Å²) in [5, 5.41) is 0. The molecular weight excluding hydrogens is 424 g/mol. The van der Waals surface area contributed by atoms with Crippen LogP contribution in [0.4, 0.5) is 0 Å². The van der Waals surface area contributed by atoms with Gasteiger partial charge in [-0.05, 0) is 56.8 Å². The van der Waals surface area contributed by atoms with E-state index >= 15 is 0 Å².